The van der Waals surface area contributed by atoms with Gasteiger partial charge in [0.2, 0.25) is 0 Å². The van der Waals surface area contributed by atoms with E-state index in [2.05, 4.69) is 70.4 Å². The Morgan fingerprint density at radius 1 is 0.889 bits per heavy atom. The van der Waals surface area contributed by atoms with Crippen molar-refractivity contribution in [2.75, 3.05) is 39.0 Å². The summed E-state index contributed by atoms with van der Waals surface area (Å²) >= 11 is 5.59. The number of benzene rings is 3. The number of primary amides is 1. The maximum atomic E-state index is 13.3. The molecule has 6 rings (SSSR count). The minimum atomic E-state index is -0.684. The van der Waals surface area contributed by atoms with Gasteiger partial charge in [-0.1, -0.05) is 79.0 Å². The number of anilines is 1. The fraction of sp³-hybridized carbons (Fsp3) is 0.333. The number of rotatable bonds is 8. The highest BCUT2D eigenvalue weighted by molar-refractivity contribution is 6.30. The van der Waals surface area contributed by atoms with E-state index in [0.717, 1.165) is 13.2 Å². The number of pyridine rings is 1. The number of carbonyl (C=O) groups excluding carboxylic acids is 1. The molecule has 9 heteroatoms. The normalized spacial score (nSPS) is 15.9. The molecular weight excluding hydrogens is 589 g/mol. The number of ether oxygens (including phenoxy) is 1. The molecule has 4 aromatic rings. The Morgan fingerprint density at radius 3 is 2.09 bits per heavy atom. The largest absolute Gasteiger partial charge is 0.383 e. The number of aromatic nitrogens is 1. The maximum absolute atomic E-state index is 13.3. The second-order valence-electron chi connectivity index (χ2n) is 11.8. The van der Waals surface area contributed by atoms with Gasteiger partial charge in [-0.15, -0.1) is 0 Å². The van der Waals surface area contributed by atoms with Gasteiger partial charge in [0.05, 0.1) is 23.3 Å². The fourth-order valence-electron chi connectivity index (χ4n) is 5.64. The molecule has 0 atom stereocenters. The molecule has 236 valence electrons. The predicted molar refractivity (Wildman–Crippen MR) is 179 cm³/mol. The first-order valence-corrected chi connectivity index (χ1v) is 15.8. The van der Waals surface area contributed by atoms with Gasteiger partial charge in [-0.2, -0.15) is 0 Å². The van der Waals surface area contributed by atoms with Crippen molar-refractivity contribution in [3.63, 3.8) is 0 Å². The smallest absolute Gasteiger partial charge is 0.252 e. The number of nitrogens with zero attached hydrogens (tertiary/aromatic N) is 3. The highest BCUT2D eigenvalue weighted by Crippen LogP contribution is 2.26. The summed E-state index contributed by atoms with van der Waals surface area (Å²) in [5, 5.41) is 0.0253. The van der Waals surface area contributed by atoms with Crippen molar-refractivity contribution < 1.29 is 13.9 Å². The van der Waals surface area contributed by atoms with Crippen LogP contribution in [0.3, 0.4) is 0 Å². The predicted octanol–water partition coefficient (Wildman–Crippen LogP) is 6.78. The number of piperazine rings is 1. The van der Waals surface area contributed by atoms with Crippen LogP contribution >= 0.6 is 11.6 Å². The van der Waals surface area contributed by atoms with Crippen molar-refractivity contribution in [2.24, 2.45) is 5.73 Å². The van der Waals surface area contributed by atoms with Gasteiger partial charge in [-0.3, -0.25) is 9.69 Å². The van der Waals surface area contributed by atoms with E-state index in [1.807, 2.05) is 0 Å². The minimum Gasteiger partial charge on any atom is -0.383 e. The number of nitrogen functional groups attached to an aromatic ring is 1. The van der Waals surface area contributed by atoms with Crippen molar-refractivity contribution >= 4 is 23.3 Å². The summed E-state index contributed by atoms with van der Waals surface area (Å²) in [5.41, 5.74) is 17.1. The van der Waals surface area contributed by atoms with E-state index in [-0.39, 0.29) is 16.4 Å². The number of likely N-dealkylation sites (N-methyl/N-ethyl adjacent to an activating group) is 1. The molecule has 1 amide bonds. The van der Waals surface area contributed by atoms with Crippen LogP contribution < -0.4 is 11.5 Å². The van der Waals surface area contributed by atoms with E-state index in [9.17, 15) is 9.18 Å². The second-order valence-corrected chi connectivity index (χ2v) is 12.2. The Balaban J connectivity index is 0.000000194. The second kappa shape index (κ2) is 15.5. The molecule has 1 saturated carbocycles. The Bertz CT molecular complexity index is 1570. The van der Waals surface area contributed by atoms with Gasteiger partial charge in [0.15, 0.2) is 0 Å². The zero-order valence-electron chi connectivity index (χ0n) is 25.7. The van der Waals surface area contributed by atoms with Gasteiger partial charge >= 0.3 is 0 Å². The number of carbonyl (C=O) groups is 1. The number of amides is 1. The molecule has 0 unspecified atom stereocenters. The highest BCUT2D eigenvalue weighted by Gasteiger charge is 2.16. The van der Waals surface area contributed by atoms with Crippen LogP contribution in [-0.4, -0.2) is 60.0 Å². The molecule has 1 aliphatic heterocycles. The van der Waals surface area contributed by atoms with Gasteiger partial charge in [-0.05, 0) is 65.9 Å². The molecule has 7 nitrogen and oxygen atoms in total. The van der Waals surface area contributed by atoms with E-state index in [1.165, 1.54) is 98.5 Å². The summed E-state index contributed by atoms with van der Waals surface area (Å²) in [6, 6.07) is 23.7. The van der Waals surface area contributed by atoms with Crippen molar-refractivity contribution in [1.29, 1.82) is 0 Å². The summed E-state index contributed by atoms with van der Waals surface area (Å²) in [6.07, 6.45) is 7.04. The molecule has 1 aromatic heterocycles. The number of nitrogens with two attached hydrogens (primary N) is 2. The van der Waals surface area contributed by atoms with Crippen LogP contribution in [0.2, 0.25) is 5.02 Å². The monoisotopic (exact) mass is 629 g/mol. The fourth-order valence-corrected chi connectivity index (χ4v) is 5.75. The van der Waals surface area contributed by atoms with Crippen LogP contribution in [0.4, 0.5) is 10.2 Å². The molecule has 0 bridgehead atoms. The third-order valence-corrected chi connectivity index (χ3v) is 8.77. The zero-order chi connectivity index (χ0) is 31.8. The number of hydrogen-bond donors (Lipinski definition) is 2. The molecule has 1 saturated heterocycles. The van der Waals surface area contributed by atoms with E-state index in [4.69, 9.17) is 27.8 Å². The Morgan fingerprint density at radius 2 is 1.49 bits per heavy atom. The van der Waals surface area contributed by atoms with Crippen LogP contribution in [-0.2, 0) is 17.9 Å². The Kier molecular flexibility index (Phi) is 11.2. The number of halogens is 2. The van der Waals surface area contributed by atoms with Crippen LogP contribution in [0, 0.1) is 5.82 Å². The maximum Gasteiger partial charge on any atom is 0.252 e. The Hall–Kier alpha value is -3.82. The molecule has 2 fully saturated rings. The third kappa shape index (κ3) is 9.11. The third-order valence-electron chi connectivity index (χ3n) is 8.47. The molecule has 3 aromatic carbocycles. The summed E-state index contributed by atoms with van der Waals surface area (Å²) in [6.45, 7) is 6.50. The summed E-state index contributed by atoms with van der Waals surface area (Å²) in [4.78, 5) is 19.9. The lowest BCUT2D eigenvalue weighted by Gasteiger charge is -2.32. The van der Waals surface area contributed by atoms with E-state index in [1.54, 1.807) is 6.07 Å². The molecule has 0 radical (unpaired) electrons. The van der Waals surface area contributed by atoms with Crippen LogP contribution in [0.15, 0.2) is 79.0 Å². The molecule has 0 spiro atoms. The summed E-state index contributed by atoms with van der Waals surface area (Å²) in [7, 11) is 2.21. The SMILES string of the molecule is CN1CCN(Cc2ccc(-c3ccc(COC4CCCC4)cc3)cc2)CC1.NC(=O)c1cc(-c2ccc(Cl)c(F)c2)cnc1N. The lowest BCUT2D eigenvalue weighted by Crippen LogP contribution is -2.43. The summed E-state index contributed by atoms with van der Waals surface area (Å²) in [5.74, 6) is -1.19. The van der Waals surface area contributed by atoms with Gasteiger partial charge < -0.3 is 21.1 Å². The average Bonchev–Trinajstić information content (AvgIpc) is 3.58. The first kappa shape index (κ1) is 32.6. The van der Waals surface area contributed by atoms with Gasteiger partial charge in [-0.25, -0.2) is 9.37 Å². The van der Waals surface area contributed by atoms with Gasteiger partial charge in [0, 0.05) is 44.5 Å². The van der Waals surface area contributed by atoms with E-state index in [0.29, 0.717) is 17.2 Å². The lowest BCUT2D eigenvalue weighted by atomic mass is 10.0. The van der Waals surface area contributed by atoms with Crippen molar-refractivity contribution in [1.82, 2.24) is 14.8 Å². The molecule has 2 heterocycles. The molecule has 2 aliphatic rings. The number of hydrogen-bond acceptors (Lipinski definition) is 6. The van der Waals surface area contributed by atoms with Crippen molar-refractivity contribution in [3.05, 3.63) is 107 Å². The highest BCUT2D eigenvalue weighted by atomic mass is 35.5. The standard InChI is InChI=1S/C24H32N2O.C12H9ClFN3O/c1-25-14-16-26(17-15-25)18-20-6-10-22(11-7-20)23-12-8-21(9-13-23)19-27-24-4-2-3-5-24;13-9-2-1-6(4-10(9)14)7-3-8(12(16)18)11(15)17-5-7/h6-13,24H,2-5,14-19H2,1H3;1-5H,(H2,15,17)(H2,16,18). The minimum absolute atomic E-state index is 0.0253. The quantitative estimate of drug-likeness (QED) is 0.223. The van der Waals surface area contributed by atoms with Crippen molar-refractivity contribution in [3.8, 4) is 22.3 Å². The van der Waals surface area contributed by atoms with Gasteiger partial charge in [0.1, 0.15) is 11.6 Å². The molecular formula is C36H41ClFN5O2. The van der Waals surface area contributed by atoms with E-state index < -0.39 is 11.7 Å². The first-order chi connectivity index (χ1) is 21.7. The lowest BCUT2D eigenvalue weighted by molar-refractivity contribution is 0.0457. The van der Waals surface area contributed by atoms with Crippen molar-refractivity contribution in [2.45, 2.75) is 44.9 Å². The first-order valence-electron chi connectivity index (χ1n) is 15.5. The topological polar surface area (TPSA) is 97.7 Å². The molecule has 4 N–H and O–H groups in total. The van der Waals surface area contributed by atoms with E-state index >= 15 is 0 Å². The Labute approximate surface area is 270 Å². The zero-order valence-corrected chi connectivity index (χ0v) is 26.5. The summed E-state index contributed by atoms with van der Waals surface area (Å²) < 4.78 is 19.4. The molecule has 1 aliphatic carbocycles. The molecule has 45 heavy (non-hydrogen) atoms. The van der Waals surface area contributed by atoms with Crippen LogP contribution in [0.5, 0.6) is 0 Å². The van der Waals surface area contributed by atoms with Crippen LogP contribution in [0.1, 0.15) is 47.2 Å². The van der Waals surface area contributed by atoms with Gasteiger partial charge in [0.25, 0.3) is 5.91 Å². The average molecular weight is 630 g/mol. The van der Waals surface area contributed by atoms with Crippen LogP contribution in [0.25, 0.3) is 22.3 Å².